The Labute approximate surface area is 123 Å². The summed E-state index contributed by atoms with van der Waals surface area (Å²) >= 11 is 6.07. The van der Waals surface area contributed by atoms with Gasteiger partial charge in [-0.25, -0.2) is 0 Å². The van der Waals surface area contributed by atoms with Crippen molar-refractivity contribution in [2.75, 3.05) is 17.2 Å². The Hall–Kier alpha value is -1.59. The van der Waals surface area contributed by atoms with Crippen LogP contribution in [0.25, 0.3) is 0 Å². The lowest BCUT2D eigenvalue weighted by atomic mass is 10.2. The van der Waals surface area contributed by atoms with Crippen molar-refractivity contribution < 1.29 is 9.59 Å². The van der Waals surface area contributed by atoms with Crippen LogP contribution < -0.4 is 16.0 Å². The van der Waals surface area contributed by atoms with Gasteiger partial charge in [-0.15, -0.1) is 0 Å². The van der Waals surface area contributed by atoms with Gasteiger partial charge in [0.05, 0.1) is 16.8 Å². The Morgan fingerprint density at radius 2 is 2.20 bits per heavy atom. The van der Waals surface area contributed by atoms with Crippen LogP contribution in [-0.2, 0) is 9.59 Å². The van der Waals surface area contributed by atoms with Gasteiger partial charge in [-0.1, -0.05) is 18.5 Å². The molecule has 108 valence electrons. The van der Waals surface area contributed by atoms with Crippen molar-refractivity contribution in [1.82, 2.24) is 5.32 Å². The largest absolute Gasteiger partial charge is 0.326 e. The van der Waals surface area contributed by atoms with E-state index in [0.717, 1.165) is 19.4 Å². The summed E-state index contributed by atoms with van der Waals surface area (Å²) in [6, 6.07) is 4.87. The van der Waals surface area contributed by atoms with E-state index in [0.29, 0.717) is 22.8 Å². The molecule has 0 radical (unpaired) electrons. The van der Waals surface area contributed by atoms with Crippen molar-refractivity contribution in [2.45, 2.75) is 32.2 Å². The Balaban J connectivity index is 2.07. The number of carbonyl (C=O) groups is 2. The summed E-state index contributed by atoms with van der Waals surface area (Å²) in [5, 5.41) is 9.11. The number of nitrogens with one attached hydrogen (secondary N) is 3. The third-order valence-electron chi connectivity index (χ3n) is 3.21. The molecule has 1 aromatic rings. The zero-order valence-electron chi connectivity index (χ0n) is 11.3. The minimum atomic E-state index is -0.167. The van der Waals surface area contributed by atoms with Crippen molar-refractivity contribution in [3.63, 3.8) is 0 Å². The number of amides is 2. The molecule has 0 aromatic heterocycles. The van der Waals surface area contributed by atoms with E-state index in [4.69, 9.17) is 11.6 Å². The van der Waals surface area contributed by atoms with Crippen LogP contribution >= 0.6 is 11.6 Å². The minimum absolute atomic E-state index is 0.0814. The second-order valence-corrected chi connectivity index (χ2v) is 5.14. The zero-order chi connectivity index (χ0) is 14.5. The van der Waals surface area contributed by atoms with Gasteiger partial charge in [0.15, 0.2) is 0 Å². The monoisotopic (exact) mass is 295 g/mol. The molecular formula is C14H18ClN3O2. The van der Waals surface area contributed by atoms with Gasteiger partial charge < -0.3 is 16.0 Å². The van der Waals surface area contributed by atoms with Crippen LogP contribution in [0.3, 0.4) is 0 Å². The highest BCUT2D eigenvalue weighted by atomic mass is 35.5. The molecule has 1 atom stereocenters. The molecule has 5 nitrogen and oxygen atoms in total. The molecule has 20 heavy (non-hydrogen) atoms. The molecule has 1 saturated heterocycles. The van der Waals surface area contributed by atoms with Gasteiger partial charge in [-0.05, 0) is 37.6 Å². The molecule has 2 rings (SSSR count). The summed E-state index contributed by atoms with van der Waals surface area (Å²) in [6.07, 6.45) is 2.23. The third-order valence-corrected chi connectivity index (χ3v) is 3.54. The van der Waals surface area contributed by atoms with Crippen LogP contribution in [0.1, 0.15) is 26.2 Å². The normalized spacial score (nSPS) is 17.8. The lowest BCUT2D eigenvalue weighted by molar-refractivity contribution is -0.118. The molecule has 0 spiro atoms. The molecule has 1 aromatic carbocycles. The standard InChI is InChI=1S/C14H18ClN3O2/c1-2-13(19)17-9-5-6-10(15)12(8-9)18-14(20)11-4-3-7-16-11/h5-6,8,11,16H,2-4,7H2,1H3,(H,17,19)(H,18,20). The second-order valence-electron chi connectivity index (χ2n) is 4.73. The first-order valence-electron chi connectivity index (χ1n) is 6.74. The molecule has 1 aliphatic rings. The molecule has 0 bridgehead atoms. The number of halogens is 1. The van der Waals surface area contributed by atoms with E-state index in [1.807, 2.05) is 0 Å². The molecular weight excluding hydrogens is 278 g/mol. The maximum Gasteiger partial charge on any atom is 0.241 e. The number of carbonyl (C=O) groups excluding carboxylic acids is 2. The van der Waals surface area contributed by atoms with Crippen LogP contribution in [0.4, 0.5) is 11.4 Å². The maximum absolute atomic E-state index is 12.0. The average Bonchev–Trinajstić information content (AvgIpc) is 2.96. The van der Waals surface area contributed by atoms with Crippen molar-refractivity contribution in [3.8, 4) is 0 Å². The molecule has 1 fully saturated rings. The lowest BCUT2D eigenvalue weighted by Gasteiger charge is -2.13. The average molecular weight is 296 g/mol. The maximum atomic E-state index is 12.0. The highest BCUT2D eigenvalue weighted by molar-refractivity contribution is 6.34. The van der Waals surface area contributed by atoms with Crippen LogP contribution in [0.5, 0.6) is 0 Å². The topological polar surface area (TPSA) is 70.2 Å². The fourth-order valence-electron chi connectivity index (χ4n) is 2.08. The Kier molecular flexibility index (Phi) is 4.98. The van der Waals surface area contributed by atoms with Gasteiger partial charge in [-0.2, -0.15) is 0 Å². The molecule has 1 unspecified atom stereocenters. The molecule has 1 heterocycles. The van der Waals surface area contributed by atoms with Crippen molar-refractivity contribution >= 4 is 34.8 Å². The molecule has 2 amide bonds. The number of hydrogen-bond donors (Lipinski definition) is 3. The fraction of sp³-hybridized carbons (Fsp3) is 0.429. The van der Waals surface area contributed by atoms with E-state index in [1.54, 1.807) is 25.1 Å². The first kappa shape index (κ1) is 14.8. The van der Waals surface area contributed by atoms with Gasteiger partial charge in [0, 0.05) is 12.1 Å². The Bertz CT molecular complexity index is 513. The van der Waals surface area contributed by atoms with Gasteiger partial charge in [-0.3, -0.25) is 9.59 Å². The van der Waals surface area contributed by atoms with Crippen LogP contribution in [0, 0.1) is 0 Å². The quantitative estimate of drug-likeness (QED) is 0.799. The molecule has 3 N–H and O–H groups in total. The smallest absolute Gasteiger partial charge is 0.241 e. The number of rotatable bonds is 4. The van der Waals surface area contributed by atoms with E-state index >= 15 is 0 Å². The van der Waals surface area contributed by atoms with Crippen LogP contribution in [-0.4, -0.2) is 24.4 Å². The minimum Gasteiger partial charge on any atom is -0.326 e. The predicted octanol–water partition coefficient (Wildman–Crippen LogP) is 2.38. The second kappa shape index (κ2) is 6.72. The SMILES string of the molecule is CCC(=O)Nc1ccc(Cl)c(NC(=O)C2CCCN2)c1. The van der Waals surface area contributed by atoms with Gasteiger partial charge >= 0.3 is 0 Å². The van der Waals surface area contributed by atoms with Crippen LogP contribution in [0.15, 0.2) is 18.2 Å². The summed E-state index contributed by atoms with van der Waals surface area (Å²) in [4.78, 5) is 23.4. The first-order chi connectivity index (χ1) is 9.60. The Morgan fingerprint density at radius 3 is 2.85 bits per heavy atom. The van der Waals surface area contributed by atoms with Crippen molar-refractivity contribution in [1.29, 1.82) is 0 Å². The molecule has 6 heteroatoms. The Morgan fingerprint density at radius 1 is 1.40 bits per heavy atom. The summed E-state index contributed by atoms with van der Waals surface area (Å²) in [7, 11) is 0. The molecule has 1 aliphatic heterocycles. The van der Waals surface area contributed by atoms with Gasteiger partial charge in [0.1, 0.15) is 0 Å². The van der Waals surface area contributed by atoms with Crippen LogP contribution in [0.2, 0.25) is 5.02 Å². The van der Waals surface area contributed by atoms with E-state index in [-0.39, 0.29) is 17.9 Å². The van der Waals surface area contributed by atoms with Gasteiger partial charge in [0.2, 0.25) is 11.8 Å². The highest BCUT2D eigenvalue weighted by Gasteiger charge is 2.22. The predicted molar refractivity (Wildman–Crippen MR) is 80.0 cm³/mol. The summed E-state index contributed by atoms with van der Waals surface area (Å²) in [5.41, 5.74) is 1.13. The number of hydrogen-bond acceptors (Lipinski definition) is 3. The first-order valence-corrected chi connectivity index (χ1v) is 7.11. The fourth-order valence-corrected chi connectivity index (χ4v) is 2.24. The number of anilines is 2. The highest BCUT2D eigenvalue weighted by Crippen LogP contribution is 2.26. The lowest BCUT2D eigenvalue weighted by Crippen LogP contribution is -2.35. The number of benzene rings is 1. The van der Waals surface area contributed by atoms with Crippen molar-refractivity contribution in [2.24, 2.45) is 0 Å². The van der Waals surface area contributed by atoms with Crippen molar-refractivity contribution in [3.05, 3.63) is 23.2 Å². The van der Waals surface area contributed by atoms with E-state index in [2.05, 4.69) is 16.0 Å². The van der Waals surface area contributed by atoms with E-state index in [9.17, 15) is 9.59 Å². The molecule has 0 aliphatic carbocycles. The molecule has 0 saturated carbocycles. The third kappa shape index (κ3) is 3.71. The van der Waals surface area contributed by atoms with E-state index in [1.165, 1.54) is 0 Å². The summed E-state index contributed by atoms with van der Waals surface area (Å²) in [6.45, 7) is 2.64. The summed E-state index contributed by atoms with van der Waals surface area (Å²) in [5.74, 6) is -0.176. The zero-order valence-corrected chi connectivity index (χ0v) is 12.1. The summed E-state index contributed by atoms with van der Waals surface area (Å²) < 4.78 is 0. The van der Waals surface area contributed by atoms with Gasteiger partial charge in [0.25, 0.3) is 0 Å². The van der Waals surface area contributed by atoms with E-state index < -0.39 is 0 Å².